The SMILES string of the molecule is CSSC(C)(C)C(=O)C1CC(=O)N(Cc2cccc(CNC(C)(C)C(C)C)c2)C1. The Labute approximate surface area is 184 Å². The second-order valence-electron chi connectivity index (χ2n) is 9.35. The van der Waals surface area contributed by atoms with Gasteiger partial charge < -0.3 is 10.2 Å². The van der Waals surface area contributed by atoms with Crippen LogP contribution < -0.4 is 5.32 Å². The summed E-state index contributed by atoms with van der Waals surface area (Å²) < 4.78 is -0.463. The summed E-state index contributed by atoms with van der Waals surface area (Å²) in [7, 11) is 3.18. The van der Waals surface area contributed by atoms with E-state index < -0.39 is 4.75 Å². The maximum atomic E-state index is 12.9. The van der Waals surface area contributed by atoms with Crippen LogP contribution in [0, 0.1) is 11.8 Å². The number of nitrogens with one attached hydrogen (secondary N) is 1. The smallest absolute Gasteiger partial charge is 0.223 e. The van der Waals surface area contributed by atoms with Gasteiger partial charge in [0.2, 0.25) is 5.91 Å². The van der Waals surface area contributed by atoms with Gasteiger partial charge >= 0.3 is 0 Å². The van der Waals surface area contributed by atoms with Crippen molar-refractivity contribution in [2.45, 2.75) is 71.3 Å². The first-order chi connectivity index (χ1) is 13.5. The molecule has 162 valence electrons. The van der Waals surface area contributed by atoms with Crippen LogP contribution in [-0.4, -0.2) is 39.7 Å². The molecule has 1 heterocycles. The first-order valence-electron chi connectivity index (χ1n) is 10.3. The zero-order chi connectivity index (χ0) is 21.8. The van der Waals surface area contributed by atoms with E-state index in [0.29, 0.717) is 25.4 Å². The molecule has 1 aromatic rings. The molecule has 1 atom stereocenters. The fourth-order valence-electron chi connectivity index (χ4n) is 3.43. The predicted molar refractivity (Wildman–Crippen MR) is 126 cm³/mol. The second-order valence-corrected chi connectivity index (χ2v) is 12.4. The summed E-state index contributed by atoms with van der Waals surface area (Å²) >= 11 is 0. The average molecular weight is 437 g/mol. The van der Waals surface area contributed by atoms with E-state index in [1.54, 1.807) is 21.6 Å². The topological polar surface area (TPSA) is 49.4 Å². The Hall–Kier alpha value is -0.980. The zero-order valence-electron chi connectivity index (χ0n) is 18.9. The van der Waals surface area contributed by atoms with Crippen molar-refractivity contribution in [3.63, 3.8) is 0 Å². The highest BCUT2D eigenvalue weighted by atomic mass is 33.1. The number of hydrogen-bond donors (Lipinski definition) is 1. The first kappa shape index (κ1) is 24.3. The lowest BCUT2D eigenvalue weighted by atomic mass is 9.90. The van der Waals surface area contributed by atoms with Gasteiger partial charge in [-0.3, -0.25) is 9.59 Å². The maximum Gasteiger partial charge on any atom is 0.223 e. The van der Waals surface area contributed by atoms with Crippen LogP contribution in [0.2, 0.25) is 0 Å². The van der Waals surface area contributed by atoms with Crippen molar-refractivity contribution in [3.05, 3.63) is 35.4 Å². The largest absolute Gasteiger partial charge is 0.338 e. The molecule has 0 radical (unpaired) electrons. The molecule has 0 spiro atoms. The summed E-state index contributed by atoms with van der Waals surface area (Å²) in [5.41, 5.74) is 2.40. The summed E-state index contributed by atoms with van der Waals surface area (Å²) in [5, 5.41) is 3.63. The third-order valence-corrected chi connectivity index (χ3v) is 8.56. The molecule has 29 heavy (non-hydrogen) atoms. The highest BCUT2D eigenvalue weighted by Gasteiger charge is 2.41. The number of carbonyl (C=O) groups is 2. The lowest BCUT2D eigenvalue weighted by Crippen LogP contribution is -2.43. The summed E-state index contributed by atoms with van der Waals surface area (Å²) in [6.07, 6.45) is 2.32. The van der Waals surface area contributed by atoms with Crippen molar-refractivity contribution in [3.8, 4) is 0 Å². The molecule has 1 unspecified atom stereocenters. The maximum absolute atomic E-state index is 12.9. The molecule has 0 bridgehead atoms. The number of hydrogen-bond acceptors (Lipinski definition) is 5. The van der Waals surface area contributed by atoms with Gasteiger partial charge in [-0.15, -0.1) is 0 Å². The normalized spacial score (nSPS) is 18.0. The molecule has 1 aliphatic rings. The van der Waals surface area contributed by atoms with E-state index in [0.717, 1.165) is 12.1 Å². The number of Topliss-reactive ketones (excluding diaryl/α,β-unsaturated/α-hetero) is 1. The Morgan fingerprint density at radius 3 is 2.52 bits per heavy atom. The summed E-state index contributed by atoms with van der Waals surface area (Å²) in [4.78, 5) is 27.3. The van der Waals surface area contributed by atoms with Crippen molar-refractivity contribution in [1.82, 2.24) is 10.2 Å². The number of benzene rings is 1. The van der Waals surface area contributed by atoms with Gasteiger partial charge in [0, 0.05) is 37.5 Å². The molecule has 1 N–H and O–H groups in total. The molecular weight excluding hydrogens is 400 g/mol. The Balaban J connectivity index is 2.00. The third-order valence-electron chi connectivity index (χ3n) is 6.03. The molecular formula is C23H36N2O2S2. The van der Waals surface area contributed by atoms with Crippen LogP contribution >= 0.6 is 21.6 Å². The van der Waals surface area contributed by atoms with Gasteiger partial charge in [0.05, 0.1) is 4.75 Å². The number of nitrogens with zero attached hydrogens (tertiary/aromatic N) is 1. The van der Waals surface area contributed by atoms with Gasteiger partial charge in [-0.2, -0.15) is 0 Å². The fourth-order valence-corrected chi connectivity index (χ4v) is 5.60. The van der Waals surface area contributed by atoms with Crippen LogP contribution in [-0.2, 0) is 22.7 Å². The van der Waals surface area contributed by atoms with Crippen molar-refractivity contribution in [2.75, 3.05) is 12.8 Å². The van der Waals surface area contributed by atoms with Gasteiger partial charge in [-0.05, 0) is 51.0 Å². The molecule has 4 nitrogen and oxygen atoms in total. The van der Waals surface area contributed by atoms with E-state index in [9.17, 15) is 9.59 Å². The number of carbonyl (C=O) groups excluding carboxylic acids is 2. The van der Waals surface area contributed by atoms with E-state index in [-0.39, 0.29) is 23.1 Å². The Kier molecular flexibility index (Phi) is 8.28. The Morgan fingerprint density at radius 2 is 1.90 bits per heavy atom. The minimum Gasteiger partial charge on any atom is -0.338 e. The minimum absolute atomic E-state index is 0.0656. The fraction of sp³-hybridized carbons (Fsp3) is 0.652. The number of ketones is 1. The standard InChI is InChI=1S/C23H36N2O2S2/c1-16(2)22(3,4)24-13-17-9-8-10-18(11-17)14-25-15-19(12-20(25)26)21(27)23(5,6)29-28-7/h8-11,16,19,24H,12-15H2,1-7H3. The average Bonchev–Trinajstić information content (AvgIpc) is 3.00. The van der Waals surface area contributed by atoms with E-state index in [4.69, 9.17) is 0 Å². The van der Waals surface area contributed by atoms with Gasteiger partial charge in [0.1, 0.15) is 0 Å². The van der Waals surface area contributed by atoms with Crippen LogP contribution in [0.4, 0.5) is 0 Å². The molecule has 6 heteroatoms. The number of rotatable bonds is 10. The lowest BCUT2D eigenvalue weighted by Gasteiger charge is -2.31. The van der Waals surface area contributed by atoms with E-state index in [2.05, 4.69) is 57.3 Å². The summed E-state index contributed by atoms with van der Waals surface area (Å²) in [6, 6.07) is 8.40. The van der Waals surface area contributed by atoms with Gasteiger partial charge in [0.25, 0.3) is 0 Å². The van der Waals surface area contributed by atoms with Crippen molar-refractivity contribution in [2.24, 2.45) is 11.8 Å². The molecule has 2 rings (SSSR count). The summed E-state index contributed by atoms with van der Waals surface area (Å²) in [6.45, 7) is 14.7. The Bertz CT molecular complexity index is 731. The third kappa shape index (κ3) is 6.50. The van der Waals surface area contributed by atoms with Crippen LogP contribution in [0.5, 0.6) is 0 Å². The molecule has 1 fully saturated rings. The van der Waals surface area contributed by atoms with Crippen molar-refractivity contribution in [1.29, 1.82) is 0 Å². The van der Waals surface area contributed by atoms with Crippen LogP contribution in [0.25, 0.3) is 0 Å². The van der Waals surface area contributed by atoms with Crippen LogP contribution in [0.1, 0.15) is 59.1 Å². The van der Waals surface area contributed by atoms with Crippen molar-refractivity contribution < 1.29 is 9.59 Å². The molecule has 0 saturated carbocycles. The molecule has 1 aromatic carbocycles. The molecule has 1 amide bonds. The number of likely N-dealkylation sites (tertiary alicyclic amines) is 1. The van der Waals surface area contributed by atoms with Gasteiger partial charge in [-0.1, -0.05) is 59.7 Å². The molecule has 1 saturated heterocycles. The van der Waals surface area contributed by atoms with Gasteiger partial charge in [-0.25, -0.2) is 0 Å². The van der Waals surface area contributed by atoms with E-state index >= 15 is 0 Å². The second kappa shape index (κ2) is 9.88. The zero-order valence-corrected chi connectivity index (χ0v) is 20.5. The first-order valence-corrected chi connectivity index (χ1v) is 12.9. The van der Waals surface area contributed by atoms with Crippen LogP contribution in [0.15, 0.2) is 24.3 Å². The monoisotopic (exact) mass is 436 g/mol. The lowest BCUT2D eigenvalue weighted by molar-refractivity contribution is -0.129. The molecule has 0 aliphatic carbocycles. The molecule has 0 aromatic heterocycles. The minimum atomic E-state index is -0.463. The highest BCUT2D eigenvalue weighted by molar-refractivity contribution is 8.77. The van der Waals surface area contributed by atoms with E-state index in [1.165, 1.54) is 5.56 Å². The summed E-state index contributed by atoms with van der Waals surface area (Å²) in [5.74, 6) is 0.601. The predicted octanol–water partition coefficient (Wildman–Crippen LogP) is 4.92. The quantitative estimate of drug-likeness (QED) is 0.528. The molecule has 1 aliphatic heterocycles. The van der Waals surface area contributed by atoms with E-state index in [1.807, 2.05) is 25.0 Å². The van der Waals surface area contributed by atoms with Crippen molar-refractivity contribution >= 4 is 33.3 Å². The Morgan fingerprint density at radius 1 is 1.24 bits per heavy atom. The van der Waals surface area contributed by atoms with Gasteiger partial charge in [0.15, 0.2) is 5.78 Å². The highest BCUT2D eigenvalue weighted by Crippen LogP contribution is 2.38. The number of amides is 1. The van der Waals surface area contributed by atoms with Crippen LogP contribution in [0.3, 0.4) is 0 Å².